The SMILES string of the molecule is O=C(NN=C1CCCCC1)c1cc(S(=O)(=O)NCc2ccccc2)ccc1O. The minimum atomic E-state index is -3.84. The summed E-state index contributed by atoms with van der Waals surface area (Å²) in [6.07, 6.45) is 4.92. The first-order valence-corrected chi connectivity index (χ1v) is 10.7. The van der Waals surface area contributed by atoms with Gasteiger partial charge in [-0.1, -0.05) is 36.8 Å². The molecule has 3 rings (SSSR count). The van der Waals surface area contributed by atoms with Crippen LogP contribution in [0.5, 0.6) is 5.75 Å². The third-order valence-corrected chi connectivity index (χ3v) is 5.98. The summed E-state index contributed by atoms with van der Waals surface area (Å²) >= 11 is 0. The number of carbonyl (C=O) groups is 1. The number of carbonyl (C=O) groups excluding carboxylic acids is 1. The lowest BCUT2D eigenvalue weighted by molar-refractivity contribution is 0.0951. The Hall–Kier alpha value is -2.71. The van der Waals surface area contributed by atoms with Gasteiger partial charge in [-0.05, 0) is 49.4 Å². The Morgan fingerprint density at radius 3 is 2.46 bits per heavy atom. The molecule has 28 heavy (non-hydrogen) atoms. The fourth-order valence-electron chi connectivity index (χ4n) is 2.98. The second-order valence-electron chi connectivity index (χ2n) is 6.67. The molecule has 1 fully saturated rings. The van der Waals surface area contributed by atoms with Crippen LogP contribution in [-0.4, -0.2) is 25.1 Å². The molecule has 2 aromatic carbocycles. The molecule has 1 saturated carbocycles. The van der Waals surface area contributed by atoms with Crippen molar-refractivity contribution < 1.29 is 18.3 Å². The molecule has 0 heterocycles. The summed E-state index contributed by atoms with van der Waals surface area (Å²) in [5.41, 5.74) is 4.00. The molecule has 0 saturated heterocycles. The molecular formula is C20H23N3O4S. The number of benzene rings is 2. The molecule has 7 nitrogen and oxygen atoms in total. The van der Waals surface area contributed by atoms with Crippen LogP contribution in [0.2, 0.25) is 0 Å². The fraction of sp³-hybridized carbons (Fsp3) is 0.300. The molecule has 0 bridgehead atoms. The first kappa shape index (κ1) is 20.0. The zero-order chi connectivity index (χ0) is 20.0. The number of nitrogens with one attached hydrogen (secondary N) is 2. The lowest BCUT2D eigenvalue weighted by Gasteiger charge is -2.12. The van der Waals surface area contributed by atoms with Crippen molar-refractivity contribution in [3.63, 3.8) is 0 Å². The van der Waals surface area contributed by atoms with Gasteiger partial charge in [-0.3, -0.25) is 4.79 Å². The van der Waals surface area contributed by atoms with E-state index in [9.17, 15) is 18.3 Å². The first-order valence-electron chi connectivity index (χ1n) is 9.18. The summed E-state index contributed by atoms with van der Waals surface area (Å²) in [4.78, 5) is 12.3. The van der Waals surface area contributed by atoms with Gasteiger partial charge in [-0.25, -0.2) is 18.6 Å². The average molecular weight is 401 g/mol. The predicted octanol–water partition coefficient (Wildman–Crippen LogP) is 2.92. The maximum Gasteiger partial charge on any atom is 0.275 e. The minimum Gasteiger partial charge on any atom is -0.507 e. The van der Waals surface area contributed by atoms with E-state index in [0.717, 1.165) is 49.4 Å². The number of amides is 1. The molecule has 1 aliphatic rings. The Bertz CT molecular complexity index is 964. The van der Waals surface area contributed by atoms with Gasteiger partial charge in [0.2, 0.25) is 10.0 Å². The number of hydrogen-bond donors (Lipinski definition) is 3. The maximum atomic E-state index is 12.5. The van der Waals surface area contributed by atoms with Crippen LogP contribution in [0, 0.1) is 0 Å². The molecule has 1 amide bonds. The van der Waals surface area contributed by atoms with E-state index < -0.39 is 15.9 Å². The molecule has 0 unspecified atom stereocenters. The van der Waals surface area contributed by atoms with E-state index in [-0.39, 0.29) is 22.8 Å². The summed E-state index contributed by atoms with van der Waals surface area (Å²) in [6, 6.07) is 12.7. The van der Waals surface area contributed by atoms with Crippen LogP contribution < -0.4 is 10.1 Å². The molecule has 3 N–H and O–H groups in total. The molecule has 0 atom stereocenters. The highest BCUT2D eigenvalue weighted by molar-refractivity contribution is 7.89. The number of phenolic OH excluding ortho intramolecular Hbond substituents is 1. The zero-order valence-electron chi connectivity index (χ0n) is 15.4. The Morgan fingerprint density at radius 1 is 1.04 bits per heavy atom. The number of rotatable bonds is 6. The topological polar surface area (TPSA) is 108 Å². The van der Waals surface area contributed by atoms with Crippen molar-refractivity contribution in [3.05, 3.63) is 59.7 Å². The summed E-state index contributed by atoms with van der Waals surface area (Å²) < 4.78 is 27.6. The quantitative estimate of drug-likeness (QED) is 0.647. The van der Waals surface area contributed by atoms with Gasteiger partial charge in [0.05, 0.1) is 10.5 Å². The standard InChI is InChI=1S/C20H23N3O4S/c24-19-12-11-17(28(26,27)21-14-15-7-3-1-4-8-15)13-18(19)20(25)23-22-16-9-5-2-6-10-16/h1,3-4,7-8,11-13,21,24H,2,5-6,9-10,14H2,(H,23,25). The number of phenols is 1. The summed E-state index contributed by atoms with van der Waals surface area (Å²) in [5.74, 6) is -0.945. The minimum absolute atomic E-state index is 0.100. The maximum absolute atomic E-state index is 12.5. The molecule has 1 aliphatic carbocycles. The van der Waals surface area contributed by atoms with Crippen molar-refractivity contribution in [2.24, 2.45) is 5.10 Å². The van der Waals surface area contributed by atoms with Crippen LogP contribution in [0.1, 0.15) is 48.0 Å². The molecule has 0 spiro atoms. The molecule has 2 aromatic rings. The lowest BCUT2D eigenvalue weighted by atomic mass is 9.99. The highest BCUT2D eigenvalue weighted by Crippen LogP contribution is 2.22. The highest BCUT2D eigenvalue weighted by Gasteiger charge is 2.19. The van der Waals surface area contributed by atoms with Gasteiger partial charge < -0.3 is 5.11 Å². The summed E-state index contributed by atoms with van der Waals surface area (Å²) in [6.45, 7) is 0.124. The Labute approximate surface area is 164 Å². The third-order valence-electron chi connectivity index (χ3n) is 4.58. The van der Waals surface area contributed by atoms with Crippen LogP contribution >= 0.6 is 0 Å². The fourth-order valence-corrected chi connectivity index (χ4v) is 4.03. The van der Waals surface area contributed by atoms with E-state index in [2.05, 4.69) is 15.2 Å². The number of hydrazone groups is 1. The lowest BCUT2D eigenvalue weighted by Crippen LogP contribution is -2.24. The predicted molar refractivity (Wildman–Crippen MR) is 107 cm³/mol. The van der Waals surface area contributed by atoms with E-state index in [1.165, 1.54) is 12.1 Å². The Balaban J connectivity index is 1.73. The van der Waals surface area contributed by atoms with E-state index in [1.54, 1.807) is 0 Å². The highest BCUT2D eigenvalue weighted by atomic mass is 32.2. The molecule has 148 valence electrons. The van der Waals surface area contributed by atoms with Crippen molar-refractivity contribution in [2.45, 2.75) is 43.5 Å². The molecule has 0 radical (unpaired) electrons. The van der Waals surface area contributed by atoms with Gasteiger partial charge in [0, 0.05) is 12.3 Å². The third kappa shape index (κ3) is 5.17. The second kappa shape index (κ2) is 8.99. The normalized spacial score (nSPS) is 14.5. The van der Waals surface area contributed by atoms with Crippen LogP contribution in [0.25, 0.3) is 0 Å². The first-order chi connectivity index (χ1) is 13.5. The second-order valence-corrected chi connectivity index (χ2v) is 8.44. The van der Waals surface area contributed by atoms with Gasteiger partial charge in [-0.15, -0.1) is 0 Å². The van der Waals surface area contributed by atoms with E-state index in [1.807, 2.05) is 30.3 Å². The van der Waals surface area contributed by atoms with E-state index in [0.29, 0.717) is 0 Å². The Kier molecular flexibility index (Phi) is 6.43. The van der Waals surface area contributed by atoms with E-state index >= 15 is 0 Å². The summed E-state index contributed by atoms with van der Waals surface area (Å²) in [7, 11) is -3.84. The van der Waals surface area contributed by atoms with Gasteiger partial charge in [0.25, 0.3) is 5.91 Å². The smallest absolute Gasteiger partial charge is 0.275 e. The molecule has 8 heteroatoms. The van der Waals surface area contributed by atoms with Crippen LogP contribution in [0.4, 0.5) is 0 Å². The summed E-state index contributed by atoms with van der Waals surface area (Å²) in [5, 5.41) is 14.1. The Morgan fingerprint density at radius 2 is 1.75 bits per heavy atom. The van der Waals surface area contributed by atoms with Crippen LogP contribution in [-0.2, 0) is 16.6 Å². The molecular weight excluding hydrogens is 378 g/mol. The van der Waals surface area contributed by atoms with Crippen molar-refractivity contribution in [2.75, 3.05) is 0 Å². The van der Waals surface area contributed by atoms with Crippen molar-refractivity contribution in [1.29, 1.82) is 0 Å². The monoisotopic (exact) mass is 401 g/mol. The number of hydrogen-bond acceptors (Lipinski definition) is 5. The van der Waals surface area contributed by atoms with Gasteiger partial charge in [-0.2, -0.15) is 5.10 Å². The largest absolute Gasteiger partial charge is 0.507 e. The van der Waals surface area contributed by atoms with E-state index in [4.69, 9.17) is 0 Å². The average Bonchev–Trinajstić information content (AvgIpc) is 2.72. The van der Waals surface area contributed by atoms with Crippen molar-refractivity contribution in [3.8, 4) is 5.75 Å². The molecule has 0 aliphatic heterocycles. The molecule has 0 aromatic heterocycles. The van der Waals surface area contributed by atoms with Crippen LogP contribution in [0.3, 0.4) is 0 Å². The number of sulfonamides is 1. The van der Waals surface area contributed by atoms with Gasteiger partial charge in [0.1, 0.15) is 5.75 Å². The van der Waals surface area contributed by atoms with Crippen molar-refractivity contribution in [1.82, 2.24) is 10.1 Å². The zero-order valence-corrected chi connectivity index (χ0v) is 16.2. The van der Waals surface area contributed by atoms with Gasteiger partial charge in [0.15, 0.2) is 0 Å². The van der Waals surface area contributed by atoms with Gasteiger partial charge >= 0.3 is 0 Å². The number of nitrogens with zero attached hydrogens (tertiary/aromatic N) is 1. The van der Waals surface area contributed by atoms with Crippen molar-refractivity contribution >= 4 is 21.6 Å². The van der Waals surface area contributed by atoms with Crippen LogP contribution in [0.15, 0.2) is 58.5 Å². The number of aromatic hydroxyl groups is 1.